The Morgan fingerprint density at radius 3 is 0.723 bits per heavy atom. The number of rotatable bonds is 1. The SMILES string of the molecule is Brc1cc2c3cc(Br)c(Br)cc3c3cc(Br)c(Br)cc3c2cc1Br.c1ccc2c(c1)c1ccccc1c1cc(-n3cccn3)ccc21.c1ccc2c(c1)c1ccccc1c1ccccc21. The van der Waals surface area contributed by atoms with Gasteiger partial charge in [-0.05, 0) is 247 Å². The molecule has 0 bridgehead atoms. The predicted octanol–water partition coefficient (Wildman–Crippen LogP) is 20.2. The van der Waals surface area contributed by atoms with E-state index in [9.17, 15) is 0 Å². The molecule has 8 heteroatoms. The largest absolute Gasteiger partial charge is 0.241 e. The van der Waals surface area contributed by atoms with Crippen LogP contribution in [0.1, 0.15) is 0 Å². The molecule has 312 valence electrons. The second-order valence-electron chi connectivity index (χ2n) is 15.8. The molecule has 0 unspecified atom stereocenters. The van der Waals surface area contributed by atoms with Gasteiger partial charge < -0.3 is 0 Å². The van der Waals surface area contributed by atoms with Crippen molar-refractivity contribution in [2.75, 3.05) is 0 Å². The van der Waals surface area contributed by atoms with Gasteiger partial charge >= 0.3 is 0 Å². The zero-order valence-corrected chi connectivity index (χ0v) is 43.7. The Morgan fingerprint density at radius 1 is 0.246 bits per heavy atom. The maximum atomic E-state index is 4.35. The van der Waals surface area contributed by atoms with E-state index in [2.05, 4.69) is 277 Å². The molecule has 0 saturated carbocycles. The molecule has 0 aliphatic heterocycles. The van der Waals surface area contributed by atoms with Crippen molar-refractivity contribution in [2.45, 2.75) is 0 Å². The third-order valence-corrected chi connectivity index (χ3v) is 17.7. The van der Waals surface area contributed by atoms with Crippen LogP contribution in [0.5, 0.6) is 0 Å². The van der Waals surface area contributed by atoms with Gasteiger partial charge in [-0.2, -0.15) is 5.10 Å². The van der Waals surface area contributed by atoms with Crippen molar-refractivity contribution in [1.82, 2.24) is 9.78 Å². The number of benzene rings is 12. The third kappa shape index (κ3) is 7.70. The van der Waals surface area contributed by atoms with Crippen molar-refractivity contribution in [3.8, 4) is 5.69 Å². The summed E-state index contributed by atoms with van der Waals surface area (Å²) in [6.07, 6.45) is 3.78. The minimum atomic E-state index is 1.05. The molecule has 0 spiro atoms. The third-order valence-electron chi connectivity index (χ3n) is 12.2. The fourth-order valence-electron chi connectivity index (χ4n) is 9.30. The van der Waals surface area contributed by atoms with Gasteiger partial charge in [-0.15, -0.1) is 0 Å². The molecule has 0 saturated heterocycles. The molecule has 1 aromatic heterocycles. The van der Waals surface area contributed by atoms with E-state index in [4.69, 9.17) is 0 Å². The highest BCUT2D eigenvalue weighted by Gasteiger charge is 2.15. The van der Waals surface area contributed by atoms with E-state index in [0.29, 0.717) is 0 Å². The van der Waals surface area contributed by atoms with Crippen molar-refractivity contribution in [3.63, 3.8) is 0 Å². The molecule has 13 rings (SSSR count). The van der Waals surface area contributed by atoms with Crippen LogP contribution in [0.4, 0.5) is 0 Å². The summed E-state index contributed by atoms with van der Waals surface area (Å²) in [5.74, 6) is 0. The lowest BCUT2D eigenvalue weighted by atomic mass is 9.94. The Balaban J connectivity index is 0.000000109. The summed E-state index contributed by atoms with van der Waals surface area (Å²) in [4.78, 5) is 0. The number of halogens is 6. The van der Waals surface area contributed by atoms with Gasteiger partial charge in [0, 0.05) is 39.2 Å². The number of nitrogens with zero attached hydrogens (tertiary/aromatic N) is 2. The van der Waals surface area contributed by atoms with Crippen LogP contribution in [0.15, 0.2) is 221 Å². The quantitative estimate of drug-likeness (QED) is 0.150. The second-order valence-corrected chi connectivity index (χ2v) is 21.0. The summed E-state index contributed by atoms with van der Waals surface area (Å²) in [6.45, 7) is 0. The molecule has 65 heavy (non-hydrogen) atoms. The number of aromatic nitrogens is 2. The summed E-state index contributed by atoms with van der Waals surface area (Å²) in [6, 6.07) is 64.8. The van der Waals surface area contributed by atoms with Crippen LogP contribution in [-0.4, -0.2) is 9.78 Å². The van der Waals surface area contributed by atoms with Gasteiger partial charge in [0.2, 0.25) is 0 Å². The first-order valence-electron chi connectivity index (χ1n) is 20.8. The molecule has 0 aliphatic carbocycles. The van der Waals surface area contributed by atoms with Crippen LogP contribution in [-0.2, 0) is 0 Å². The first-order valence-corrected chi connectivity index (χ1v) is 25.6. The molecule has 0 radical (unpaired) electrons. The molecule has 1 heterocycles. The minimum Gasteiger partial charge on any atom is -0.241 e. The molecule has 0 aliphatic rings. The standard InChI is InChI=1S/C21H14N2.C18H6Br6.C18H12/c1-2-8-18-16(6-1)17-7-3-4-9-19(17)21-14-15(10-11-20(18)21)23-13-5-12-22-23;19-13-1-7-8(2-14(13)20)10-4-17(23)18(24)6-12(10)11-5-16(22)15(21)3-9(7)11;1-2-8-14-13(7-1)15-9-3-4-11-17(15)18-12-6-5-10-16(14)18/h1-14H;1-6H;1-12H. The monoisotopic (exact) mass is 1220 g/mol. The zero-order valence-electron chi connectivity index (χ0n) is 34.1. The number of fused-ring (bicyclic) bond motifs is 18. The van der Waals surface area contributed by atoms with Crippen molar-refractivity contribution < 1.29 is 0 Å². The Labute approximate surface area is 425 Å². The molecule has 12 aromatic carbocycles. The molecule has 0 fully saturated rings. The van der Waals surface area contributed by atoms with Crippen molar-refractivity contribution in [1.29, 1.82) is 0 Å². The van der Waals surface area contributed by atoms with Crippen LogP contribution < -0.4 is 0 Å². The first kappa shape index (κ1) is 42.7. The summed E-state index contributed by atoms with van der Waals surface area (Å²) < 4.78 is 8.19. The second kappa shape index (κ2) is 17.7. The Bertz CT molecular complexity index is 3510. The van der Waals surface area contributed by atoms with E-state index < -0.39 is 0 Å². The lowest BCUT2D eigenvalue weighted by Gasteiger charge is -2.14. The van der Waals surface area contributed by atoms with Crippen molar-refractivity contribution in [2.24, 2.45) is 0 Å². The molecule has 0 amide bonds. The van der Waals surface area contributed by atoms with Gasteiger partial charge in [-0.25, -0.2) is 4.68 Å². The van der Waals surface area contributed by atoms with Crippen LogP contribution in [0.3, 0.4) is 0 Å². The highest BCUT2D eigenvalue weighted by molar-refractivity contribution is 9.13. The van der Waals surface area contributed by atoms with Gasteiger partial charge in [0.1, 0.15) is 0 Å². The fraction of sp³-hybridized carbons (Fsp3) is 0. The maximum absolute atomic E-state index is 4.35. The molecule has 2 nitrogen and oxygen atoms in total. The topological polar surface area (TPSA) is 17.8 Å². The Kier molecular flexibility index (Phi) is 11.6. The highest BCUT2D eigenvalue weighted by atomic mass is 79.9. The maximum Gasteiger partial charge on any atom is 0.0652 e. The van der Waals surface area contributed by atoms with Crippen LogP contribution in [0.2, 0.25) is 0 Å². The Morgan fingerprint density at radius 2 is 0.477 bits per heavy atom. The Hall–Kier alpha value is -4.93. The molecular weight excluding hydrogens is 1190 g/mol. The zero-order chi connectivity index (χ0) is 44.3. The lowest BCUT2D eigenvalue weighted by Crippen LogP contribution is -1.94. The van der Waals surface area contributed by atoms with Crippen LogP contribution >= 0.6 is 95.6 Å². The average Bonchev–Trinajstić information content (AvgIpc) is 3.90. The summed E-state index contributed by atoms with van der Waals surface area (Å²) in [7, 11) is 0. The van der Waals surface area contributed by atoms with E-state index in [-0.39, 0.29) is 0 Å². The van der Waals surface area contributed by atoms with Crippen molar-refractivity contribution >= 4 is 193 Å². The number of hydrogen-bond donors (Lipinski definition) is 0. The van der Waals surface area contributed by atoms with Crippen LogP contribution in [0, 0.1) is 0 Å². The average molecular weight is 1220 g/mol. The minimum absolute atomic E-state index is 1.05. The highest BCUT2D eigenvalue weighted by Crippen LogP contribution is 2.44. The van der Waals surface area contributed by atoms with E-state index in [1.165, 1.54) is 97.0 Å². The van der Waals surface area contributed by atoms with E-state index in [1.807, 2.05) is 23.1 Å². The van der Waals surface area contributed by atoms with Gasteiger partial charge in [-0.3, -0.25) is 0 Å². The lowest BCUT2D eigenvalue weighted by molar-refractivity contribution is 0.882. The smallest absolute Gasteiger partial charge is 0.0652 e. The van der Waals surface area contributed by atoms with E-state index >= 15 is 0 Å². The summed E-state index contributed by atoms with van der Waals surface area (Å²) in [5, 5.41) is 27.4. The summed E-state index contributed by atoms with van der Waals surface area (Å²) >= 11 is 21.8. The fourth-order valence-corrected chi connectivity index (χ4v) is 11.4. The van der Waals surface area contributed by atoms with Crippen LogP contribution in [0.25, 0.3) is 103 Å². The molecule has 0 N–H and O–H groups in total. The van der Waals surface area contributed by atoms with E-state index in [0.717, 1.165) is 32.5 Å². The van der Waals surface area contributed by atoms with Gasteiger partial charge in [-0.1, -0.05) is 127 Å². The first-order chi connectivity index (χ1) is 31.7. The molecular formula is C57H32Br6N2. The van der Waals surface area contributed by atoms with Crippen molar-refractivity contribution in [3.05, 3.63) is 221 Å². The van der Waals surface area contributed by atoms with Gasteiger partial charge in [0.15, 0.2) is 0 Å². The van der Waals surface area contributed by atoms with Gasteiger partial charge in [0.05, 0.1) is 5.69 Å². The normalized spacial score (nSPS) is 11.5. The van der Waals surface area contributed by atoms with Gasteiger partial charge in [0.25, 0.3) is 0 Å². The summed E-state index contributed by atoms with van der Waals surface area (Å²) in [5.41, 5.74) is 1.09. The molecule has 0 atom stereocenters. The number of hydrogen-bond acceptors (Lipinski definition) is 1. The van der Waals surface area contributed by atoms with E-state index in [1.54, 1.807) is 0 Å². The predicted molar refractivity (Wildman–Crippen MR) is 300 cm³/mol. The molecule has 13 aromatic rings.